The summed E-state index contributed by atoms with van der Waals surface area (Å²) in [5.74, 6) is 0.846. The van der Waals surface area contributed by atoms with E-state index in [4.69, 9.17) is 16.3 Å². The van der Waals surface area contributed by atoms with Gasteiger partial charge in [0.1, 0.15) is 12.4 Å². The summed E-state index contributed by atoms with van der Waals surface area (Å²) in [6, 6.07) is 13.4. The molecule has 0 heterocycles. The molecule has 0 unspecified atom stereocenters. The second-order valence-electron chi connectivity index (χ2n) is 5.27. The molecule has 0 aliphatic carbocycles. The highest BCUT2D eigenvalue weighted by Gasteiger charge is 2.04. The van der Waals surface area contributed by atoms with Crippen LogP contribution in [0.3, 0.4) is 0 Å². The fourth-order valence-electron chi connectivity index (χ4n) is 2.06. The molecule has 2 rings (SSSR count). The van der Waals surface area contributed by atoms with Crippen LogP contribution in [0.2, 0.25) is 5.02 Å². The lowest BCUT2D eigenvalue weighted by atomic mass is 10.1. The van der Waals surface area contributed by atoms with Gasteiger partial charge in [-0.2, -0.15) is 0 Å². The van der Waals surface area contributed by atoms with Crippen molar-refractivity contribution in [2.24, 2.45) is 0 Å². The van der Waals surface area contributed by atoms with Crippen molar-refractivity contribution in [1.82, 2.24) is 5.32 Å². The van der Waals surface area contributed by atoms with Crippen molar-refractivity contribution in [1.29, 1.82) is 0 Å². The SMILES string of the molecule is Cc1ccc(C)c(OCCNC(=O)Cc2ccc(Cl)cc2)c1. The lowest BCUT2D eigenvalue weighted by Gasteiger charge is -2.10. The monoisotopic (exact) mass is 317 g/mol. The van der Waals surface area contributed by atoms with Crippen molar-refractivity contribution in [2.45, 2.75) is 20.3 Å². The summed E-state index contributed by atoms with van der Waals surface area (Å²) < 4.78 is 5.70. The topological polar surface area (TPSA) is 38.3 Å². The standard InChI is InChI=1S/C18H20ClNO2/c1-13-3-4-14(2)17(11-13)22-10-9-20-18(21)12-15-5-7-16(19)8-6-15/h3-8,11H,9-10,12H2,1-2H3,(H,20,21). The summed E-state index contributed by atoms with van der Waals surface area (Å²) in [4.78, 5) is 11.8. The van der Waals surface area contributed by atoms with E-state index in [-0.39, 0.29) is 5.91 Å². The lowest BCUT2D eigenvalue weighted by Crippen LogP contribution is -2.29. The zero-order valence-corrected chi connectivity index (χ0v) is 13.6. The first-order valence-electron chi connectivity index (χ1n) is 7.26. The van der Waals surface area contributed by atoms with E-state index in [1.54, 1.807) is 12.1 Å². The predicted molar refractivity (Wildman–Crippen MR) is 89.6 cm³/mol. The smallest absolute Gasteiger partial charge is 0.224 e. The molecule has 116 valence electrons. The molecule has 0 saturated heterocycles. The maximum Gasteiger partial charge on any atom is 0.224 e. The van der Waals surface area contributed by atoms with Gasteiger partial charge in [0.25, 0.3) is 0 Å². The summed E-state index contributed by atoms with van der Waals surface area (Å²) in [6.07, 6.45) is 0.348. The number of ether oxygens (including phenoxy) is 1. The first-order chi connectivity index (χ1) is 10.5. The maximum absolute atomic E-state index is 11.8. The van der Waals surface area contributed by atoms with Crippen molar-refractivity contribution in [3.63, 3.8) is 0 Å². The first kappa shape index (κ1) is 16.4. The van der Waals surface area contributed by atoms with E-state index in [9.17, 15) is 4.79 Å². The third-order valence-electron chi connectivity index (χ3n) is 3.30. The molecule has 0 aromatic heterocycles. The Morgan fingerprint density at radius 2 is 1.86 bits per heavy atom. The van der Waals surface area contributed by atoms with Gasteiger partial charge >= 0.3 is 0 Å². The molecular formula is C18H20ClNO2. The third-order valence-corrected chi connectivity index (χ3v) is 3.56. The molecule has 1 amide bonds. The van der Waals surface area contributed by atoms with Crippen molar-refractivity contribution >= 4 is 17.5 Å². The summed E-state index contributed by atoms with van der Waals surface area (Å²) >= 11 is 5.82. The average molecular weight is 318 g/mol. The minimum Gasteiger partial charge on any atom is -0.491 e. The van der Waals surface area contributed by atoms with Gasteiger partial charge in [-0.3, -0.25) is 4.79 Å². The highest BCUT2D eigenvalue weighted by molar-refractivity contribution is 6.30. The van der Waals surface area contributed by atoms with Crippen LogP contribution in [0, 0.1) is 13.8 Å². The van der Waals surface area contributed by atoms with E-state index in [1.807, 2.05) is 38.1 Å². The van der Waals surface area contributed by atoms with Gasteiger partial charge in [-0.25, -0.2) is 0 Å². The van der Waals surface area contributed by atoms with Crippen molar-refractivity contribution < 1.29 is 9.53 Å². The molecular weight excluding hydrogens is 298 g/mol. The third kappa shape index (κ3) is 5.08. The van der Waals surface area contributed by atoms with Crippen LogP contribution in [-0.4, -0.2) is 19.1 Å². The fourth-order valence-corrected chi connectivity index (χ4v) is 2.19. The minimum atomic E-state index is -0.0214. The largest absolute Gasteiger partial charge is 0.491 e. The Balaban J connectivity index is 1.73. The van der Waals surface area contributed by atoms with Crippen LogP contribution in [-0.2, 0) is 11.2 Å². The van der Waals surface area contributed by atoms with E-state index in [0.717, 1.165) is 22.4 Å². The van der Waals surface area contributed by atoms with E-state index in [2.05, 4.69) is 11.4 Å². The number of nitrogens with one attached hydrogen (secondary N) is 1. The summed E-state index contributed by atoms with van der Waals surface area (Å²) in [7, 11) is 0. The Morgan fingerprint density at radius 1 is 1.14 bits per heavy atom. The molecule has 0 aliphatic heterocycles. The number of rotatable bonds is 6. The molecule has 1 N–H and O–H groups in total. The second kappa shape index (κ2) is 7.85. The van der Waals surface area contributed by atoms with Gasteiger partial charge in [-0.15, -0.1) is 0 Å². The maximum atomic E-state index is 11.8. The van der Waals surface area contributed by atoms with Crippen molar-refractivity contribution in [3.8, 4) is 5.75 Å². The molecule has 0 spiro atoms. The normalized spacial score (nSPS) is 10.3. The van der Waals surface area contributed by atoms with Gasteiger partial charge in [0, 0.05) is 5.02 Å². The Bertz CT molecular complexity index is 638. The molecule has 0 fully saturated rings. The van der Waals surface area contributed by atoms with Crippen LogP contribution in [0.15, 0.2) is 42.5 Å². The van der Waals surface area contributed by atoms with E-state index < -0.39 is 0 Å². The highest BCUT2D eigenvalue weighted by Crippen LogP contribution is 2.18. The number of benzene rings is 2. The first-order valence-corrected chi connectivity index (χ1v) is 7.63. The summed E-state index contributed by atoms with van der Waals surface area (Å²) in [5.41, 5.74) is 3.20. The fraction of sp³-hybridized carbons (Fsp3) is 0.278. The molecule has 2 aromatic carbocycles. The van der Waals surface area contributed by atoms with Gasteiger partial charge in [-0.05, 0) is 48.7 Å². The highest BCUT2D eigenvalue weighted by atomic mass is 35.5. The average Bonchev–Trinajstić information content (AvgIpc) is 2.49. The number of amides is 1. The van der Waals surface area contributed by atoms with Crippen LogP contribution in [0.25, 0.3) is 0 Å². The molecule has 0 saturated carbocycles. The molecule has 0 atom stereocenters. The quantitative estimate of drug-likeness (QED) is 0.825. The number of carbonyl (C=O) groups excluding carboxylic acids is 1. The van der Waals surface area contributed by atoms with Crippen LogP contribution in [0.1, 0.15) is 16.7 Å². The van der Waals surface area contributed by atoms with Gasteiger partial charge in [0.15, 0.2) is 0 Å². The molecule has 0 bridgehead atoms. The van der Waals surface area contributed by atoms with Gasteiger partial charge < -0.3 is 10.1 Å². The molecule has 4 heteroatoms. The minimum absolute atomic E-state index is 0.0214. The number of carbonyl (C=O) groups is 1. The number of hydrogen-bond donors (Lipinski definition) is 1. The van der Waals surface area contributed by atoms with E-state index >= 15 is 0 Å². The number of halogens is 1. The zero-order valence-electron chi connectivity index (χ0n) is 12.9. The lowest BCUT2D eigenvalue weighted by molar-refractivity contribution is -0.120. The molecule has 0 radical (unpaired) electrons. The number of aryl methyl sites for hydroxylation is 2. The van der Waals surface area contributed by atoms with Crippen LogP contribution in [0.5, 0.6) is 5.75 Å². The zero-order chi connectivity index (χ0) is 15.9. The Kier molecular flexibility index (Phi) is 5.84. The molecule has 3 nitrogen and oxygen atoms in total. The van der Waals surface area contributed by atoms with Crippen molar-refractivity contribution in [3.05, 3.63) is 64.2 Å². The Labute approximate surface area is 136 Å². The molecule has 2 aromatic rings. The van der Waals surface area contributed by atoms with Gasteiger partial charge in [-0.1, -0.05) is 35.9 Å². The summed E-state index contributed by atoms with van der Waals surface area (Å²) in [5, 5.41) is 3.53. The van der Waals surface area contributed by atoms with Crippen LogP contribution < -0.4 is 10.1 Å². The van der Waals surface area contributed by atoms with Crippen molar-refractivity contribution in [2.75, 3.05) is 13.2 Å². The summed E-state index contributed by atoms with van der Waals surface area (Å²) in [6.45, 7) is 4.98. The predicted octanol–water partition coefficient (Wildman–Crippen LogP) is 3.69. The number of hydrogen-bond acceptors (Lipinski definition) is 2. The van der Waals surface area contributed by atoms with Gasteiger partial charge in [0.05, 0.1) is 13.0 Å². The second-order valence-corrected chi connectivity index (χ2v) is 5.71. The van der Waals surface area contributed by atoms with E-state index in [1.165, 1.54) is 0 Å². The van der Waals surface area contributed by atoms with Crippen LogP contribution >= 0.6 is 11.6 Å². The van der Waals surface area contributed by atoms with Crippen LogP contribution in [0.4, 0.5) is 0 Å². The Morgan fingerprint density at radius 3 is 2.59 bits per heavy atom. The van der Waals surface area contributed by atoms with Gasteiger partial charge in [0.2, 0.25) is 5.91 Å². The molecule has 22 heavy (non-hydrogen) atoms. The molecule has 0 aliphatic rings. The van der Waals surface area contributed by atoms with E-state index in [0.29, 0.717) is 24.6 Å². The Hall–Kier alpha value is -2.00.